The molecule has 0 spiro atoms. The zero-order valence-corrected chi connectivity index (χ0v) is 24.0. The van der Waals surface area contributed by atoms with Crippen LogP contribution < -0.4 is 14.4 Å². The SMILES string of the molecule is CC[C@H](C(=O)NCC(C)C)N(Cc1ccc(OC)cc1)C(=O)CN(c1ccc(Cl)c(C(F)(F)F)c1)S(C)(=O)=O. The maximum Gasteiger partial charge on any atom is 0.417 e. The minimum atomic E-state index is -4.84. The molecule has 0 aliphatic heterocycles. The van der Waals surface area contributed by atoms with E-state index in [4.69, 9.17) is 16.3 Å². The Morgan fingerprint density at radius 3 is 2.21 bits per heavy atom. The van der Waals surface area contributed by atoms with Crippen molar-refractivity contribution in [1.82, 2.24) is 10.2 Å². The molecular weight excluding hydrogens is 559 g/mol. The lowest BCUT2D eigenvalue weighted by Crippen LogP contribution is -2.52. The number of benzene rings is 2. The van der Waals surface area contributed by atoms with Crippen LogP contribution in [0, 0.1) is 5.92 Å². The van der Waals surface area contributed by atoms with E-state index in [0.717, 1.165) is 18.4 Å². The van der Waals surface area contributed by atoms with Crippen LogP contribution in [0.1, 0.15) is 38.3 Å². The van der Waals surface area contributed by atoms with Gasteiger partial charge in [0, 0.05) is 13.1 Å². The van der Waals surface area contributed by atoms with E-state index in [1.54, 1.807) is 31.2 Å². The van der Waals surface area contributed by atoms with Gasteiger partial charge in [-0.3, -0.25) is 13.9 Å². The molecule has 39 heavy (non-hydrogen) atoms. The largest absolute Gasteiger partial charge is 0.497 e. The van der Waals surface area contributed by atoms with Crippen LogP contribution in [0.4, 0.5) is 18.9 Å². The number of nitrogens with zero attached hydrogens (tertiary/aromatic N) is 2. The van der Waals surface area contributed by atoms with Gasteiger partial charge < -0.3 is 15.0 Å². The van der Waals surface area contributed by atoms with Crippen molar-refractivity contribution in [1.29, 1.82) is 0 Å². The lowest BCUT2D eigenvalue weighted by Gasteiger charge is -2.33. The van der Waals surface area contributed by atoms with Crippen molar-refractivity contribution in [2.24, 2.45) is 5.92 Å². The van der Waals surface area contributed by atoms with Crippen molar-refractivity contribution in [3.63, 3.8) is 0 Å². The van der Waals surface area contributed by atoms with Gasteiger partial charge in [0.05, 0.1) is 29.6 Å². The summed E-state index contributed by atoms with van der Waals surface area (Å²) in [5.74, 6) is -0.480. The Morgan fingerprint density at radius 2 is 1.72 bits per heavy atom. The van der Waals surface area contributed by atoms with Crippen LogP contribution in [0.5, 0.6) is 5.75 Å². The molecule has 0 unspecified atom stereocenters. The summed E-state index contributed by atoms with van der Waals surface area (Å²) in [4.78, 5) is 28.0. The molecular formula is C26H33ClF3N3O5S. The minimum absolute atomic E-state index is 0.0531. The number of halogens is 4. The van der Waals surface area contributed by atoms with Crippen LogP contribution in [0.15, 0.2) is 42.5 Å². The Labute approximate surface area is 232 Å². The highest BCUT2D eigenvalue weighted by atomic mass is 35.5. The molecule has 0 fully saturated rings. The zero-order valence-electron chi connectivity index (χ0n) is 22.4. The number of anilines is 1. The predicted octanol–water partition coefficient (Wildman–Crippen LogP) is 4.71. The molecule has 8 nitrogen and oxygen atoms in total. The Balaban J connectivity index is 2.50. The molecule has 0 heterocycles. The highest BCUT2D eigenvalue weighted by molar-refractivity contribution is 7.92. The van der Waals surface area contributed by atoms with Crippen molar-refractivity contribution >= 4 is 39.1 Å². The summed E-state index contributed by atoms with van der Waals surface area (Å²) in [7, 11) is -2.72. The fraction of sp³-hybridized carbons (Fsp3) is 0.462. The third-order valence-electron chi connectivity index (χ3n) is 5.80. The number of rotatable bonds is 12. The number of carbonyl (C=O) groups is 2. The van der Waals surface area contributed by atoms with Crippen LogP contribution in [0.25, 0.3) is 0 Å². The first kappa shape index (κ1) is 32.2. The number of nitrogens with one attached hydrogen (secondary N) is 1. The topological polar surface area (TPSA) is 96.0 Å². The smallest absolute Gasteiger partial charge is 0.417 e. The van der Waals surface area contributed by atoms with E-state index in [2.05, 4.69) is 5.32 Å². The molecule has 13 heteroatoms. The molecule has 0 aliphatic carbocycles. The minimum Gasteiger partial charge on any atom is -0.497 e. The van der Waals surface area contributed by atoms with Crippen LogP contribution >= 0.6 is 11.6 Å². The van der Waals surface area contributed by atoms with E-state index < -0.39 is 51.2 Å². The normalized spacial score (nSPS) is 12.7. The Bertz CT molecular complexity index is 1250. The Hall–Kier alpha value is -2.99. The summed E-state index contributed by atoms with van der Waals surface area (Å²) in [6.45, 7) is 5.00. The maximum absolute atomic E-state index is 13.7. The van der Waals surface area contributed by atoms with E-state index in [1.807, 2.05) is 13.8 Å². The molecule has 1 atom stereocenters. The molecule has 2 aromatic rings. The molecule has 2 amide bonds. The van der Waals surface area contributed by atoms with Crippen LogP contribution in [-0.4, -0.2) is 57.6 Å². The van der Waals surface area contributed by atoms with Crippen LogP contribution in [-0.2, 0) is 32.3 Å². The summed E-state index contributed by atoms with van der Waals surface area (Å²) in [5.41, 5.74) is -0.988. The average molecular weight is 592 g/mol. The molecule has 0 aromatic heterocycles. The monoisotopic (exact) mass is 591 g/mol. The number of methoxy groups -OCH3 is 1. The summed E-state index contributed by atoms with van der Waals surface area (Å²) < 4.78 is 71.4. The number of hydrogen-bond donors (Lipinski definition) is 1. The van der Waals surface area contributed by atoms with Crippen molar-refractivity contribution in [3.05, 3.63) is 58.6 Å². The molecule has 0 bridgehead atoms. The van der Waals surface area contributed by atoms with Crippen molar-refractivity contribution in [2.45, 2.75) is 46.0 Å². The first-order chi connectivity index (χ1) is 18.1. The highest BCUT2D eigenvalue weighted by Crippen LogP contribution is 2.37. The van der Waals surface area contributed by atoms with Crippen molar-refractivity contribution in [3.8, 4) is 5.75 Å². The standard InChI is InChI=1S/C26H33ClF3N3O5S/c1-6-23(25(35)31-14-17(2)3)32(15-18-7-10-20(38-4)11-8-18)24(34)16-33(39(5,36)37)19-9-12-22(27)21(13-19)26(28,29)30/h7-13,17,23H,6,14-16H2,1-5H3,(H,31,35)/t23-/m1/s1. The third-order valence-corrected chi connectivity index (χ3v) is 7.28. The number of carbonyl (C=O) groups excluding carboxylic acids is 2. The van der Waals surface area contributed by atoms with Gasteiger partial charge in [-0.1, -0.05) is 44.5 Å². The van der Waals surface area contributed by atoms with Crippen molar-refractivity contribution < 1.29 is 35.9 Å². The van der Waals surface area contributed by atoms with Gasteiger partial charge in [0.2, 0.25) is 21.8 Å². The van der Waals surface area contributed by atoms with Gasteiger partial charge in [0.25, 0.3) is 0 Å². The first-order valence-electron chi connectivity index (χ1n) is 12.1. The number of amides is 2. The van der Waals surface area contributed by atoms with Gasteiger partial charge in [0.1, 0.15) is 18.3 Å². The van der Waals surface area contributed by atoms with E-state index in [1.165, 1.54) is 12.0 Å². The van der Waals surface area contributed by atoms with E-state index in [-0.39, 0.29) is 24.6 Å². The van der Waals surface area contributed by atoms with Gasteiger partial charge in [-0.25, -0.2) is 8.42 Å². The van der Waals surface area contributed by atoms with Gasteiger partial charge in [0.15, 0.2) is 0 Å². The number of sulfonamides is 1. The lowest BCUT2D eigenvalue weighted by atomic mass is 10.1. The Kier molecular flexibility index (Phi) is 11.1. The maximum atomic E-state index is 13.7. The van der Waals surface area contributed by atoms with Crippen molar-refractivity contribution in [2.75, 3.05) is 30.8 Å². The van der Waals surface area contributed by atoms with Crippen LogP contribution in [0.3, 0.4) is 0 Å². The van der Waals surface area contributed by atoms with E-state index >= 15 is 0 Å². The van der Waals surface area contributed by atoms with Gasteiger partial charge >= 0.3 is 6.18 Å². The highest BCUT2D eigenvalue weighted by Gasteiger charge is 2.36. The molecule has 0 saturated carbocycles. The average Bonchev–Trinajstić information content (AvgIpc) is 2.85. The zero-order chi connectivity index (χ0) is 29.5. The molecule has 2 rings (SSSR count). The molecule has 0 aliphatic rings. The number of ether oxygens (including phenoxy) is 1. The molecule has 0 saturated heterocycles. The summed E-state index contributed by atoms with van der Waals surface area (Å²) in [5, 5.41) is 2.18. The quantitative estimate of drug-likeness (QED) is 0.386. The van der Waals surface area contributed by atoms with Gasteiger partial charge in [-0.15, -0.1) is 0 Å². The van der Waals surface area contributed by atoms with Crippen LogP contribution in [0.2, 0.25) is 5.02 Å². The molecule has 2 aromatic carbocycles. The molecule has 1 N–H and O–H groups in total. The first-order valence-corrected chi connectivity index (χ1v) is 14.4. The summed E-state index contributed by atoms with van der Waals surface area (Å²) in [6, 6.07) is 8.37. The summed E-state index contributed by atoms with van der Waals surface area (Å²) in [6.07, 6.45) is -3.85. The second kappa shape index (κ2) is 13.4. The summed E-state index contributed by atoms with van der Waals surface area (Å²) >= 11 is 5.70. The lowest BCUT2D eigenvalue weighted by molar-refractivity contribution is -0.140. The molecule has 0 radical (unpaired) electrons. The fourth-order valence-electron chi connectivity index (χ4n) is 3.77. The number of hydrogen-bond acceptors (Lipinski definition) is 5. The molecule has 216 valence electrons. The number of alkyl halides is 3. The van der Waals surface area contributed by atoms with Gasteiger partial charge in [-0.05, 0) is 48.2 Å². The predicted molar refractivity (Wildman–Crippen MR) is 144 cm³/mol. The third kappa shape index (κ3) is 9.03. The van der Waals surface area contributed by atoms with E-state index in [0.29, 0.717) is 28.2 Å². The second-order valence-corrected chi connectivity index (χ2v) is 11.7. The van der Waals surface area contributed by atoms with E-state index in [9.17, 15) is 31.2 Å². The second-order valence-electron chi connectivity index (χ2n) is 9.36. The fourth-order valence-corrected chi connectivity index (χ4v) is 4.84. The Morgan fingerprint density at radius 1 is 1.10 bits per heavy atom. The van der Waals surface area contributed by atoms with Gasteiger partial charge in [-0.2, -0.15) is 13.2 Å².